The zero-order valence-electron chi connectivity index (χ0n) is 19.1. The van der Waals surface area contributed by atoms with Gasteiger partial charge in [-0.1, -0.05) is 30.3 Å². The second kappa shape index (κ2) is 11.8. The van der Waals surface area contributed by atoms with Gasteiger partial charge in [0.05, 0.1) is 0 Å². The van der Waals surface area contributed by atoms with E-state index in [9.17, 15) is 0 Å². The van der Waals surface area contributed by atoms with Crippen LogP contribution in [0.3, 0.4) is 0 Å². The first-order chi connectivity index (χ1) is 14.7. The van der Waals surface area contributed by atoms with Gasteiger partial charge >= 0.3 is 0 Å². The van der Waals surface area contributed by atoms with Crippen LogP contribution in [0.15, 0.2) is 35.3 Å². The Morgan fingerprint density at radius 3 is 2.42 bits per heavy atom. The zero-order chi connectivity index (χ0) is 20.8. The number of hydrogen-bond donors (Lipinski definition) is 3. The van der Waals surface area contributed by atoms with Crippen molar-refractivity contribution < 1.29 is 4.74 Å². The molecule has 1 aromatic rings. The molecule has 7 heteroatoms. The number of guanidine groups is 1. The van der Waals surface area contributed by atoms with Crippen LogP contribution in [0.1, 0.15) is 57.1 Å². The van der Waals surface area contributed by atoms with Gasteiger partial charge in [0.1, 0.15) is 0 Å². The molecule has 31 heavy (non-hydrogen) atoms. The van der Waals surface area contributed by atoms with Crippen LogP contribution in [0.4, 0.5) is 0 Å². The van der Waals surface area contributed by atoms with Crippen LogP contribution >= 0.6 is 24.0 Å². The molecule has 3 fully saturated rings. The highest BCUT2D eigenvalue weighted by Crippen LogP contribution is 2.29. The third kappa shape index (κ3) is 7.04. The lowest BCUT2D eigenvalue weighted by Gasteiger charge is -2.41. The zero-order valence-corrected chi connectivity index (χ0v) is 21.4. The van der Waals surface area contributed by atoms with Crippen molar-refractivity contribution in [3.8, 4) is 0 Å². The molecule has 0 aromatic heterocycles. The molecular formula is C24H40IN5O. The number of hydrogen-bond acceptors (Lipinski definition) is 4. The summed E-state index contributed by atoms with van der Waals surface area (Å²) >= 11 is 0. The molecule has 0 spiro atoms. The summed E-state index contributed by atoms with van der Waals surface area (Å²) in [4.78, 5) is 7.19. The molecule has 1 atom stereocenters. The quantitative estimate of drug-likeness (QED) is 0.281. The number of ether oxygens (including phenoxy) is 1. The molecular weight excluding hydrogens is 501 g/mol. The maximum absolute atomic E-state index is 5.68. The normalized spacial score (nSPS) is 23.6. The highest BCUT2D eigenvalue weighted by molar-refractivity contribution is 14.0. The maximum atomic E-state index is 5.68. The third-order valence-electron chi connectivity index (χ3n) is 7.02. The van der Waals surface area contributed by atoms with E-state index in [0.717, 1.165) is 44.6 Å². The summed E-state index contributed by atoms with van der Waals surface area (Å²) in [6, 6.07) is 12.4. The number of benzene rings is 1. The summed E-state index contributed by atoms with van der Waals surface area (Å²) in [7, 11) is 1.88. The first-order valence-electron chi connectivity index (χ1n) is 11.8. The maximum Gasteiger partial charge on any atom is 0.191 e. The number of nitrogens with zero attached hydrogens (tertiary/aromatic N) is 2. The van der Waals surface area contributed by atoms with Crippen LogP contribution in [-0.4, -0.2) is 68.4 Å². The van der Waals surface area contributed by atoms with E-state index in [1.54, 1.807) is 0 Å². The Labute approximate surface area is 205 Å². The summed E-state index contributed by atoms with van der Waals surface area (Å²) in [6.07, 6.45) is 7.24. The predicted molar refractivity (Wildman–Crippen MR) is 138 cm³/mol. The van der Waals surface area contributed by atoms with E-state index in [0.29, 0.717) is 12.1 Å². The molecule has 1 aromatic carbocycles. The average molecular weight is 542 g/mol. The number of likely N-dealkylation sites (tertiary alicyclic amines) is 1. The van der Waals surface area contributed by atoms with E-state index in [2.05, 4.69) is 63.1 Å². The van der Waals surface area contributed by atoms with Gasteiger partial charge in [-0.15, -0.1) is 24.0 Å². The van der Waals surface area contributed by atoms with Gasteiger partial charge in [0.15, 0.2) is 5.96 Å². The first-order valence-corrected chi connectivity index (χ1v) is 11.8. The molecule has 174 valence electrons. The number of rotatable bonds is 7. The Morgan fingerprint density at radius 2 is 1.81 bits per heavy atom. The molecule has 1 unspecified atom stereocenters. The fourth-order valence-electron chi connectivity index (χ4n) is 4.91. The fourth-order valence-corrected chi connectivity index (χ4v) is 4.91. The molecule has 4 rings (SSSR count). The highest BCUT2D eigenvalue weighted by Gasteiger charge is 2.35. The molecule has 1 aliphatic carbocycles. The van der Waals surface area contributed by atoms with Crippen molar-refractivity contribution in [3.63, 3.8) is 0 Å². The smallest absolute Gasteiger partial charge is 0.191 e. The molecule has 0 radical (unpaired) electrons. The second-order valence-corrected chi connectivity index (χ2v) is 9.28. The Kier molecular flexibility index (Phi) is 9.43. The largest absolute Gasteiger partial charge is 0.381 e. The number of aliphatic imine (C=N–C) groups is 1. The molecule has 3 aliphatic rings. The van der Waals surface area contributed by atoms with Crippen LogP contribution in [0.5, 0.6) is 0 Å². The molecule has 0 bridgehead atoms. The van der Waals surface area contributed by atoms with Gasteiger partial charge < -0.3 is 25.6 Å². The van der Waals surface area contributed by atoms with Crippen molar-refractivity contribution >= 4 is 29.9 Å². The first kappa shape index (κ1) is 24.7. The van der Waals surface area contributed by atoms with Crippen molar-refractivity contribution in [1.29, 1.82) is 0 Å². The number of nitrogens with one attached hydrogen (secondary N) is 3. The summed E-state index contributed by atoms with van der Waals surface area (Å²) in [5.74, 6) is 0.930. The van der Waals surface area contributed by atoms with Crippen LogP contribution in [0.25, 0.3) is 0 Å². The lowest BCUT2D eigenvalue weighted by molar-refractivity contribution is 0.0354. The van der Waals surface area contributed by atoms with Crippen LogP contribution in [-0.2, 0) is 4.74 Å². The molecule has 1 saturated carbocycles. The van der Waals surface area contributed by atoms with Crippen molar-refractivity contribution in [1.82, 2.24) is 20.9 Å². The summed E-state index contributed by atoms with van der Waals surface area (Å²) in [5, 5.41) is 11.2. The van der Waals surface area contributed by atoms with Crippen LogP contribution in [0, 0.1) is 0 Å². The van der Waals surface area contributed by atoms with E-state index in [-0.39, 0.29) is 29.5 Å². The predicted octanol–water partition coefficient (Wildman–Crippen LogP) is 3.30. The van der Waals surface area contributed by atoms with E-state index >= 15 is 0 Å². The van der Waals surface area contributed by atoms with Crippen molar-refractivity contribution in [2.24, 2.45) is 4.99 Å². The van der Waals surface area contributed by atoms with E-state index in [1.165, 1.54) is 44.3 Å². The fraction of sp³-hybridized carbons (Fsp3) is 0.708. The molecule has 2 saturated heterocycles. The topological polar surface area (TPSA) is 60.9 Å². The lowest BCUT2D eigenvalue weighted by Crippen LogP contribution is -2.59. The minimum Gasteiger partial charge on any atom is -0.381 e. The van der Waals surface area contributed by atoms with Crippen LogP contribution in [0.2, 0.25) is 0 Å². The van der Waals surface area contributed by atoms with Crippen molar-refractivity contribution in [2.75, 3.05) is 39.9 Å². The van der Waals surface area contributed by atoms with Crippen molar-refractivity contribution in [2.45, 2.75) is 69.1 Å². The van der Waals surface area contributed by atoms with Crippen LogP contribution < -0.4 is 16.0 Å². The second-order valence-electron chi connectivity index (χ2n) is 9.28. The summed E-state index contributed by atoms with van der Waals surface area (Å²) in [5.41, 5.74) is 1.34. The van der Waals surface area contributed by atoms with Gasteiger partial charge in [0.25, 0.3) is 0 Å². The Bertz CT molecular complexity index is 682. The monoisotopic (exact) mass is 541 g/mol. The van der Waals surface area contributed by atoms with Gasteiger partial charge in [-0.3, -0.25) is 4.99 Å². The van der Waals surface area contributed by atoms with E-state index in [4.69, 9.17) is 4.74 Å². The molecule has 2 aliphatic heterocycles. The Hall–Kier alpha value is -0.900. The molecule has 6 nitrogen and oxygen atoms in total. The SMILES string of the molecule is CN=C(NCC1(NC(C)c2ccccc2)CCOCC1)NC1CCN(C2CC2)CC1.I. The van der Waals surface area contributed by atoms with Gasteiger partial charge in [-0.05, 0) is 51.0 Å². The highest BCUT2D eigenvalue weighted by atomic mass is 127. The lowest BCUT2D eigenvalue weighted by atomic mass is 9.88. The standard InChI is InChI=1S/C24H39N5O.HI/c1-19(20-6-4-3-5-7-20)28-24(12-16-30-17-13-24)18-26-23(25-2)27-21-10-14-29(15-11-21)22-8-9-22;/h3-7,19,21-22,28H,8-18H2,1-2H3,(H2,25,26,27);1H. The van der Waals surface area contributed by atoms with E-state index < -0.39 is 0 Å². The number of halogens is 1. The van der Waals surface area contributed by atoms with E-state index in [1.807, 2.05) is 7.05 Å². The van der Waals surface area contributed by atoms with Gasteiger partial charge in [-0.25, -0.2) is 0 Å². The molecule has 3 N–H and O–H groups in total. The molecule has 2 heterocycles. The van der Waals surface area contributed by atoms with Crippen molar-refractivity contribution in [3.05, 3.63) is 35.9 Å². The Morgan fingerprint density at radius 1 is 1.13 bits per heavy atom. The minimum absolute atomic E-state index is 0. The summed E-state index contributed by atoms with van der Waals surface area (Å²) in [6.45, 7) is 7.17. The number of piperidine rings is 1. The minimum atomic E-state index is 0. The van der Waals surface area contributed by atoms with Gasteiger partial charge in [0.2, 0.25) is 0 Å². The third-order valence-corrected chi connectivity index (χ3v) is 7.02. The van der Waals surface area contributed by atoms with Gasteiger partial charge in [0, 0.05) is 63.6 Å². The van der Waals surface area contributed by atoms with Gasteiger partial charge in [-0.2, -0.15) is 0 Å². The molecule has 0 amide bonds. The Balaban J connectivity index is 0.00000272. The summed E-state index contributed by atoms with van der Waals surface area (Å²) < 4.78 is 5.68. The average Bonchev–Trinajstić information content (AvgIpc) is 3.64.